The predicted molar refractivity (Wildman–Crippen MR) is 56.0 cm³/mol. The number of H-pyrrole nitrogens is 1. The summed E-state index contributed by atoms with van der Waals surface area (Å²) in [6.45, 7) is 3.58. The number of carbonyl (C=O) groups is 1. The summed E-state index contributed by atoms with van der Waals surface area (Å²) in [6.07, 6.45) is 2.37. The summed E-state index contributed by atoms with van der Waals surface area (Å²) in [5.74, 6) is -0.0359. The summed E-state index contributed by atoms with van der Waals surface area (Å²) in [6, 6.07) is 0. The highest BCUT2D eigenvalue weighted by atomic mass is 16.2. The van der Waals surface area contributed by atoms with Crippen LogP contribution in [-0.2, 0) is 17.8 Å². The van der Waals surface area contributed by atoms with Crippen LogP contribution >= 0.6 is 0 Å². The molecule has 0 bridgehead atoms. The molecule has 0 aliphatic rings. The summed E-state index contributed by atoms with van der Waals surface area (Å²) >= 11 is 0. The van der Waals surface area contributed by atoms with E-state index in [9.17, 15) is 14.4 Å². The van der Waals surface area contributed by atoms with Gasteiger partial charge in [0.1, 0.15) is 0 Å². The number of aromatic nitrogens is 2. The zero-order valence-electron chi connectivity index (χ0n) is 8.87. The van der Waals surface area contributed by atoms with Crippen LogP contribution in [0.4, 0.5) is 0 Å². The molecule has 1 aromatic rings. The highest BCUT2D eigenvalue weighted by Crippen LogP contribution is 1.91. The van der Waals surface area contributed by atoms with Crippen molar-refractivity contribution in [2.24, 2.45) is 0 Å². The largest absolute Gasteiger partial charge is 0.328 e. The Morgan fingerprint density at radius 3 is 2.60 bits per heavy atom. The number of Topliss-reactive ketones (excluding diaryl/α,β-unsaturated/α-hetero) is 1. The molecule has 5 heteroatoms. The van der Waals surface area contributed by atoms with Crippen molar-refractivity contribution in [2.75, 3.05) is 0 Å². The Morgan fingerprint density at radius 2 is 2.07 bits per heavy atom. The third-order valence-corrected chi connectivity index (χ3v) is 2.21. The van der Waals surface area contributed by atoms with Crippen molar-refractivity contribution in [3.63, 3.8) is 0 Å². The summed E-state index contributed by atoms with van der Waals surface area (Å²) in [5.41, 5.74) is -0.389. The maximum absolute atomic E-state index is 11.3. The monoisotopic (exact) mass is 210 g/mol. The summed E-state index contributed by atoms with van der Waals surface area (Å²) in [7, 11) is 0. The summed E-state index contributed by atoms with van der Waals surface area (Å²) < 4.78 is 1.24. The third-order valence-electron chi connectivity index (χ3n) is 2.21. The van der Waals surface area contributed by atoms with Gasteiger partial charge in [0.25, 0.3) is 5.56 Å². The van der Waals surface area contributed by atoms with Gasteiger partial charge in [-0.2, -0.15) is 0 Å². The molecule has 1 aromatic heterocycles. The zero-order chi connectivity index (χ0) is 11.4. The second-order valence-corrected chi connectivity index (χ2v) is 3.29. The number of aromatic amines is 1. The first-order chi connectivity index (χ1) is 7.08. The molecule has 0 saturated carbocycles. The molecule has 0 atom stereocenters. The lowest BCUT2D eigenvalue weighted by atomic mass is 10.2. The minimum absolute atomic E-state index is 0.0269. The van der Waals surface area contributed by atoms with Crippen LogP contribution in [0.2, 0.25) is 0 Å². The fourth-order valence-corrected chi connectivity index (χ4v) is 1.23. The van der Waals surface area contributed by atoms with Crippen molar-refractivity contribution >= 4 is 5.78 Å². The van der Waals surface area contributed by atoms with Gasteiger partial charge in [-0.25, -0.2) is 4.79 Å². The topological polar surface area (TPSA) is 71.9 Å². The molecule has 15 heavy (non-hydrogen) atoms. The normalized spacial score (nSPS) is 10.3. The lowest BCUT2D eigenvalue weighted by Crippen LogP contribution is -2.33. The Hall–Kier alpha value is -1.65. The third kappa shape index (κ3) is 2.65. The predicted octanol–water partition coefficient (Wildman–Crippen LogP) is 0.0781. The number of hydrogen-bond acceptors (Lipinski definition) is 3. The lowest BCUT2D eigenvalue weighted by molar-refractivity contribution is -0.119. The quantitative estimate of drug-likeness (QED) is 0.764. The Balaban J connectivity index is 3.14. The lowest BCUT2D eigenvalue weighted by Gasteiger charge is -2.04. The fraction of sp³-hybridized carbons (Fsp3) is 0.500. The van der Waals surface area contributed by atoms with Gasteiger partial charge < -0.3 is 0 Å². The van der Waals surface area contributed by atoms with Crippen LogP contribution in [0, 0.1) is 0 Å². The molecule has 0 unspecified atom stereocenters. The van der Waals surface area contributed by atoms with Crippen molar-refractivity contribution in [1.29, 1.82) is 0 Å². The number of nitrogens with one attached hydrogen (secondary N) is 1. The van der Waals surface area contributed by atoms with E-state index in [0.29, 0.717) is 18.4 Å². The number of nitrogens with zero attached hydrogens (tertiary/aromatic N) is 1. The van der Waals surface area contributed by atoms with E-state index in [-0.39, 0.29) is 17.9 Å². The molecule has 0 aliphatic carbocycles. The molecule has 0 saturated heterocycles. The maximum Gasteiger partial charge on any atom is 0.328 e. The number of carbonyl (C=O) groups excluding carboxylic acids is 1. The Morgan fingerprint density at radius 1 is 1.40 bits per heavy atom. The van der Waals surface area contributed by atoms with Gasteiger partial charge in [-0.15, -0.1) is 0 Å². The van der Waals surface area contributed by atoms with Gasteiger partial charge in [-0.05, 0) is 6.42 Å². The standard InChI is InChI=1S/C10H14N2O3/c1-3-7-5-12(6-8(13)4-2)10(15)11-9(7)14/h5H,3-4,6H2,1-2H3,(H,11,14,15). The van der Waals surface area contributed by atoms with Crippen LogP contribution in [0.3, 0.4) is 0 Å². The van der Waals surface area contributed by atoms with Crippen LogP contribution < -0.4 is 11.2 Å². The second-order valence-electron chi connectivity index (χ2n) is 3.29. The number of aryl methyl sites for hydroxylation is 1. The molecule has 0 spiro atoms. The fourth-order valence-electron chi connectivity index (χ4n) is 1.23. The van der Waals surface area contributed by atoms with E-state index in [4.69, 9.17) is 0 Å². The van der Waals surface area contributed by atoms with E-state index in [0.717, 1.165) is 0 Å². The van der Waals surface area contributed by atoms with Crippen LogP contribution in [0.15, 0.2) is 15.8 Å². The van der Waals surface area contributed by atoms with Crippen LogP contribution in [0.5, 0.6) is 0 Å². The van der Waals surface area contributed by atoms with E-state index < -0.39 is 5.69 Å². The smallest absolute Gasteiger partial charge is 0.298 e. The molecule has 5 nitrogen and oxygen atoms in total. The molecule has 82 valence electrons. The van der Waals surface area contributed by atoms with E-state index >= 15 is 0 Å². The van der Waals surface area contributed by atoms with Gasteiger partial charge >= 0.3 is 5.69 Å². The van der Waals surface area contributed by atoms with E-state index in [1.165, 1.54) is 10.8 Å². The second kappa shape index (κ2) is 4.72. The van der Waals surface area contributed by atoms with Gasteiger partial charge in [0.15, 0.2) is 5.78 Å². The van der Waals surface area contributed by atoms with Crippen molar-refractivity contribution in [2.45, 2.75) is 33.2 Å². The van der Waals surface area contributed by atoms with Gasteiger partial charge in [-0.3, -0.25) is 19.1 Å². The minimum Gasteiger partial charge on any atom is -0.298 e. The molecule has 1 heterocycles. The first-order valence-corrected chi connectivity index (χ1v) is 4.92. The Kier molecular flexibility index (Phi) is 3.60. The minimum atomic E-state index is -0.529. The Bertz CT molecular complexity index is 470. The average molecular weight is 210 g/mol. The van der Waals surface area contributed by atoms with Crippen molar-refractivity contribution in [3.8, 4) is 0 Å². The van der Waals surface area contributed by atoms with E-state index in [1.54, 1.807) is 6.92 Å². The highest BCUT2D eigenvalue weighted by Gasteiger charge is 2.05. The molecule has 0 amide bonds. The van der Waals surface area contributed by atoms with E-state index in [2.05, 4.69) is 4.98 Å². The zero-order valence-corrected chi connectivity index (χ0v) is 8.87. The van der Waals surface area contributed by atoms with E-state index in [1.807, 2.05) is 6.92 Å². The first kappa shape index (κ1) is 11.4. The molecule has 1 rings (SSSR count). The van der Waals surface area contributed by atoms with Crippen LogP contribution in [-0.4, -0.2) is 15.3 Å². The number of ketones is 1. The van der Waals surface area contributed by atoms with Crippen molar-refractivity contribution < 1.29 is 4.79 Å². The average Bonchev–Trinajstić information content (AvgIpc) is 2.21. The molecule has 0 aromatic carbocycles. The number of hydrogen-bond donors (Lipinski definition) is 1. The van der Waals surface area contributed by atoms with Gasteiger partial charge in [0, 0.05) is 18.2 Å². The van der Waals surface area contributed by atoms with Crippen LogP contribution in [0.25, 0.3) is 0 Å². The molecule has 0 aliphatic heterocycles. The Labute approximate surface area is 86.8 Å². The van der Waals surface area contributed by atoms with Crippen LogP contribution in [0.1, 0.15) is 25.8 Å². The molecule has 0 radical (unpaired) electrons. The van der Waals surface area contributed by atoms with Gasteiger partial charge in [0.05, 0.1) is 6.54 Å². The van der Waals surface area contributed by atoms with Crippen molar-refractivity contribution in [1.82, 2.24) is 9.55 Å². The molecule has 0 fully saturated rings. The van der Waals surface area contributed by atoms with Gasteiger partial charge in [0.2, 0.25) is 0 Å². The highest BCUT2D eigenvalue weighted by molar-refractivity contribution is 5.77. The van der Waals surface area contributed by atoms with Crippen molar-refractivity contribution in [3.05, 3.63) is 32.6 Å². The first-order valence-electron chi connectivity index (χ1n) is 4.92. The molecular formula is C10H14N2O3. The SMILES string of the molecule is CCC(=O)Cn1cc(CC)c(=O)[nH]c1=O. The molecule has 1 N–H and O–H groups in total. The van der Waals surface area contributed by atoms with Gasteiger partial charge in [-0.1, -0.05) is 13.8 Å². The maximum atomic E-state index is 11.3. The summed E-state index contributed by atoms with van der Waals surface area (Å²) in [4.78, 5) is 35.9. The molecular weight excluding hydrogens is 196 g/mol. The summed E-state index contributed by atoms with van der Waals surface area (Å²) in [5, 5.41) is 0. The number of rotatable bonds is 4.